The number of fused-ring (bicyclic) bond motifs is 1. The molecule has 3 heteroatoms. The first kappa shape index (κ1) is 16.1. The second kappa shape index (κ2) is 7.10. The van der Waals surface area contributed by atoms with E-state index >= 15 is 0 Å². The van der Waals surface area contributed by atoms with E-state index in [1.54, 1.807) is 0 Å². The van der Waals surface area contributed by atoms with Crippen LogP contribution >= 0.6 is 0 Å². The van der Waals surface area contributed by atoms with E-state index in [1.807, 2.05) is 6.92 Å². The summed E-state index contributed by atoms with van der Waals surface area (Å²) >= 11 is 0. The quantitative estimate of drug-likeness (QED) is 0.781. The third kappa shape index (κ3) is 4.58. The van der Waals surface area contributed by atoms with Gasteiger partial charge in [-0.3, -0.25) is 0 Å². The van der Waals surface area contributed by atoms with Crippen molar-refractivity contribution in [2.45, 2.75) is 52.7 Å². The Morgan fingerprint density at radius 3 is 2.71 bits per heavy atom. The van der Waals surface area contributed by atoms with Crippen molar-refractivity contribution in [2.75, 3.05) is 13.2 Å². The minimum absolute atomic E-state index is 0.141. The number of nitrogens with zero attached hydrogens (tertiary/aromatic N) is 1. The lowest BCUT2D eigenvalue weighted by Crippen LogP contribution is -2.35. The smallest absolute Gasteiger partial charge is 0.0483 e. The van der Waals surface area contributed by atoms with Crippen LogP contribution in [0, 0.1) is 0 Å². The predicted molar refractivity (Wildman–Crippen MR) is 89.6 cm³/mol. The van der Waals surface area contributed by atoms with E-state index in [2.05, 4.69) is 61.1 Å². The van der Waals surface area contributed by atoms with Crippen LogP contribution in [0.25, 0.3) is 10.9 Å². The largest absolute Gasteiger partial charge is 0.382 e. The summed E-state index contributed by atoms with van der Waals surface area (Å²) < 4.78 is 7.75. The van der Waals surface area contributed by atoms with Crippen LogP contribution in [0.3, 0.4) is 0 Å². The summed E-state index contributed by atoms with van der Waals surface area (Å²) in [5, 5.41) is 4.92. The lowest BCUT2D eigenvalue weighted by Gasteiger charge is -2.21. The van der Waals surface area contributed by atoms with Crippen molar-refractivity contribution in [2.24, 2.45) is 0 Å². The molecule has 1 heterocycles. The molecule has 116 valence electrons. The topological polar surface area (TPSA) is 26.2 Å². The monoisotopic (exact) mass is 288 g/mol. The van der Waals surface area contributed by atoms with E-state index in [1.165, 1.54) is 16.5 Å². The lowest BCUT2D eigenvalue weighted by molar-refractivity contribution is 0.142. The normalized spacial score (nSPS) is 12.2. The fourth-order valence-electron chi connectivity index (χ4n) is 2.48. The molecule has 0 aliphatic heterocycles. The highest BCUT2D eigenvalue weighted by Gasteiger charge is 2.11. The molecular formula is C18H28N2O. The molecule has 2 aromatic rings. The van der Waals surface area contributed by atoms with Crippen LogP contribution in [-0.2, 0) is 17.8 Å². The first-order valence-corrected chi connectivity index (χ1v) is 7.91. The molecule has 0 amide bonds. The predicted octanol–water partition coefficient (Wildman–Crippen LogP) is 3.96. The highest BCUT2D eigenvalue weighted by Crippen LogP contribution is 2.21. The summed E-state index contributed by atoms with van der Waals surface area (Å²) in [7, 11) is 0. The van der Waals surface area contributed by atoms with Crippen LogP contribution in [0.2, 0.25) is 0 Å². The van der Waals surface area contributed by atoms with Gasteiger partial charge >= 0.3 is 0 Å². The Morgan fingerprint density at radius 2 is 2.00 bits per heavy atom. The maximum atomic E-state index is 5.42. The zero-order chi connectivity index (χ0) is 15.3. The van der Waals surface area contributed by atoms with E-state index in [-0.39, 0.29) is 5.54 Å². The van der Waals surface area contributed by atoms with E-state index in [4.69, 9.17) is 4.74 Å². The summed E-state index contributed by atoms with van der Waals surface area (Å²) in [6.45, 7) is 12.2. The number of nitrogens with one attached hydrogen (secondary N) is 1. The zero-order valence-electron chi connectivity index (χ0n) is 13.8. The second-order valence-electron chi connectivity index (χ2n) is 6.51. The van der Waals surface area contributed by atoms with Gasteiger partial charge in [0, 0.05) is 48.9 Å². The number of rotatable bonds is 7. The number of hydrogen-bond donors (Lipinski definition) is 1. The molecular weight excluding hydrogens is 260 g/mol. The molecule has 21 heavy (non-hydrogen) atoms. The van der Waals surface area contributed by atoms with Crippen LogP contribution < -0.4 is 5.32 Å². The standard InChI is InChI=1S/C18H28N2O/c1-5-21-13-7-11-20-12-10-16-15(8-6-9-17(16)20)14-19-18(2,3)4/h6,8-10,12,19H,5,7,11,13-14H2,1-4H3. The minimum atomic E-state index is 0.141. The first-order chi connectivity index (χ1) is 10.0. The molecule has 2 rings (SSSR count). The van der Waals surface area contributed by atoms with Gasteiger partial charge in [-0.15, -0.1) is 0 Å². The fourth-order valence-corrected chi connectivity index (χ4v) is 2.48. The average molecular weight is 288 g/mol. The van der Waals surface area contributed by atoms with Gasteiger partial charge in [0.25, 0.3) is 0 Å². The molecule has 0 aliphatic carbocycles. The van der Waals surface area contributed by atoms with Gasteiger partial charge in [-0.1, -0.05) is 12.1 Å². The molecule has 0 saturated carbocycles. The van der Waals surface area contributed by atoms with E-state index < -0.39 is 0 Å². The van der Waals surface area contributed by atoms with E-state index in [9.17, 15) is 0 Å². The Bertz CT molecular complexity index is 566. The molecule has 0 unspecified atom stereocenters. The Hall–Kier alpha value is -1.32. The summed E-state index contributed by atoms with van der Waals surface area (Å²) in [5.41, 5.74) is 2.83. The highest BCUT2D eigenvalue weighted by atomic mass is 16.5. The van der Waals surface area contributed by atoms with Crippen molar-refractivity contribution >= 4 is 10.9 Å². The van der Waals surface area contributed by atoms with E-state index in [0.29, 0.717) is 0 Å². The number of aromatic nitrogens is 1. The summed E-state index contributed by atoms with van der Waals surface area (Å²) in [4.78, 5) is 0. The number of benzene rings is 1. The molecule has 0 aliphatic rings. The number of ether oxygens (including phenoxy) is 1. The molecule has 0 bridgehead atoms. The van der Waals surface area contributed by atoms with Crippen LogP contribution in [0.1, 0.15) is 39.7 Å². The van der Waals surface area contributed by atoms with Gasteiger partial charge in [0.2, 0.25) is 0 Å². The van der Waals surface area contributed by atoms with Crippen molar-refractivity contribution in [3.8, 4) is 0 Å². The Kier molecular flexibility index (Phi) is 5.43. The van der Waals surface area contributed by atoms with Gasteiger partial charge in [-0.05, 0) is 51.8 Å². The number of aryl methyl sites for hydroxylation is 1. The maximum Gasteiger partial charge on any atom is 0.0483 e. The van der Waals surface area contributed by atoms with Crippen LogP contribution in [0.15, 0.2) is 30.5 Å². The SMILES string of the molecule is CCOCCCn1ccc2c(CNC(C)(C)C)cccc21. The summed E-state index contributed by atoms with van der Waals surface area (Å²) in [5.74, 6) is 0. The van der Waals surface area contributed by atoms with Crippen LogP contribution in [-0.4, -0.2) is 23.3 Å². The maximum absolute atomic E-state index is 5.42. The summed E-state index contributed by atoms with van der Waals surface area (Å²) in [6, 6.07) is 8.80. The Balaban J connectivity index is 2.09. The molecule has 0 saturated heterocycles. The Morgan fingerprint density at radius 1 is 1.19 bits per heavy atom. The summed E-state index contributed by atoms with van der Waals surface area (Å²) in [6.07, 6.45) is 3.25. The minimum Gasteiger partial charge on any atom is -0.382 e. The molecule has 1 N–H and O–H groups in total. The van der Waals surface area contributed by atoms with Crippen molar-refractivity contribution < 1.29 is 4.74 Å². The Labute approximate surface area is 128 Å². The van der Waals surface area contributed by atoms with E-state index in [0.717, 1.165) is 32.7 Å². The van der Waals surface area contributed by atoms with Crippen LogP contribution in [0.5, 0.6) is 0 Å². The number of hydrogen-bond acceptors (Lipinski definition) is 2. The molecule has 0 radical (unpaired) electrons. The van der Waals surface area contributed by atoms with Gasteiger partial charge in [0.05, 0.1) is 0 Å². The van der Waals surface area contributed by atoms with Crippen molar-refractivity contribution in [1.29, 1.82) is 0 Å². The lowest BCUT2D eigenvalue weighted by atomic mass is 10.1. The van der Waals surface area contributed by atoms with Gasteiger partial charge in [-0.25, -0.2) is 0 Å². The van der Waals surface area contributed by atoms with Crippen molar-refractivity contribution in [3.05, 3.63) is 36.0 Å². The van der Waals surface area contributed by atoms with Gasteiger partial charge in [0.15, 0.2) is 0 Å². The van der Waals surface area contributed by atoms with Crippen molar-refractivity contribution in [3.63, 3.8) is 0 Å². The molecule has 0 atom stereocenters. The highest BCUT2D eigenvalue weighted by molar-refractivity contribution is 5.83. The van der Waals surface area contributed by atoms with Gasteiger partial charge in [-0.2, -0.15) is 0 Å². The molecule has 1 aromatic heterocycles. The van der Waals surface area contributed by atoms with Gasteiger partial charge in [0.1, 0.15) is 0 Å². The third-order valence-electron chi connectivity index (χ3n) is 3.60. The third-order valence-corrected chi connectivity index (χ3v) is 3.60. The first-order valence-electron chi connectivity index (χ1n) is 7.91. The zero-order valence-corrected chi connectivity index (χ0v) is 13.8. The molecule has 3 nitrogen and oxygen atoms in total. The fraction of sp³-hybridized carbons (Fsp3) is 0.556. The second-order valence-corrected chi connectivity index (χ2v) is 6.51. The molecule has 0 fully saturated rings. The van der Waals surface area contributed by atoms with Gasteiger partial charge < -0.3 is 14.6 Å². The molecule has 0 spiro atoms. The van der Waals surface area contributed by atoms with Crippen molar-refractivity contribution in [1.82, 2.24) is 9.88 Å². The van der Waals surface area contributed by atoms with Crippen LogP contribution in [0.4, 0.5) is 0 Å². The molecule has 1 aromatic carbocycles. The average Bonchev–Trinajstić information content (AvgIpc) is 2.84.